The van der Waals surface area contributed by atoms with E-state index >= 15 is 0 Å². The van der Waals surface area contributed by atoms with Crippen LogP contribution in [0.15, 0.2) is 12.2 Å². The third-order valence-corrected chi connectivity index (χ3v) is 2.98. The molecule has 0 amide bonds. The van der Waals surface area contributed by atoms with Gasteiger partial charge in [-0.25, -0.2) is 4.39 Å². The SMILES string of the molecule is C=C1CN2C[C@@H](F)C[C@@]2(CO)C1. The molecular weight excluding hydrogens is 157 g/mol. The molecule has 3 heteroatoms. The van der Waals surface area contributed by atoms with Gasteiger partial charge in [0.15, 0.2) is 0 Å². The van der Waals surface area contributed by atoms with Crippen LogP contribution in [0.3, 0.4) is 0 Å². The highest BCUT2D eigenvalue weighted by Gasteiger charge is 2.49. The zero-order chi connectivity index (χ0) is 8.77. The normalized spacial score (nSPS) is 42.2. The van der Waals surface area contributed by atoms with Crippen LogP contribution < -0.4 is 0 Å². The van der Waals surface area contributed by atoms with Crippen molar-refractivity contribution < 1.29 is 9.50 Å². The van der Waals surface area contributed by atoms with E-state index in [0.29, 0.717) is 13.0 Å². The number of hydrogen-bond donors (Lipinski definition) is 1. The smallest absolute Gasteiger partial charge is 0.115 e. The largest absolute Gasteiger partial charge is 0.394 e. The summed E-state index contributed by atoms with van der Waals surface area (Å²) >= 11 is 0. The summed E-state index contributed by atoms with van der Waals surface area (Å²) in [7, 11) is 0. The van der Waals surface area contributed by atoms with Crippen LogP contribution in [0, 0.1) is 0 Å². The van der Waals surface area contributed by atoms with Gasteiger partial charge in [-0.1, -0.05) is 12.2 Å². The Morgan fingerprint density at radius 2 is 2.50 bits per heavy atom. The fourth-order valence-corrected chi connectivity index (χ4v) is 2.47. The van der Waals surface area contributed by atoms with Crippen LogP contribution in [-0.2, 0) is 0 Å². The second-order valence-corrected chi connectivity index (χ2v) is 3.99. The Labute approximate surface area is 71.7 Å². The van der Waals surface area contributed by atoms with Crippen molar-refractivity contribution in [1.29, 1.82) is 0 Å². The van der Waals surface area contributed by atoms with Crippen LogP contribution >= 0.6 is 0 Å². The highest BCUT2D eigenvalue weighted by atomic mass is 19.1. The summed E-state index contributed by atoms with van der Waals surface area (Å²) in [5, 5.41) is 9.21. The zero-order valence-corrected chi connectivity index (χ0v) is 7.09. The first-order valence-electron chi connectivity index (χ1n) is 4.33. The predicted octanol–water partition coefficient (Wildman–Crippen LogP) is 0.721. The average Bonchev–Trinajstić information content (AvgIpc) is 2.40. The predicted molar refractivity (Wildman–Crippen MR) is 44.7 cm³/mol. The molecule has 2 aliphatic rings. The molecule has 68 valence electrons. The Balaban J connectivity index is 2.21. The second kappa shape index (κ2) is 2.54. The van der Waals surface area contributed by atoms with Crippen molar-refractivity contribution in [2.45, 2.75) is 24.6 Å². The van der Waals surface area contributed by atoms with Crippen LogP contribution in [0.5, 0.6) is 0 Å². The number of aliphatic hydroxyl groups excluding tert-OH is 1. The van der Waals surface area contributed by atoms with E-state index < -0.39 is 6.17 Å². The van der Waals surface area contributed by atoms with E-state index in [1.54, 1.807) is 0 Å². The molecule has 0 aliphatic carbocycles. The van der Waals surface area contributed by atoms with Crippen molar-refractivity contribution in [3.8, 4) is 0 Å². The van der Waals surface area contributed by atoms with Crippen LogP contribution in [0.4, 0.5) is 4.39 Å². The van der Waals surface area contributed by atoms with Crippen LogP contribution in [0.2, 0.25) is 0 Å². The molecule has 2 heterocycles. The van der Waals surface area contributed by atoms with Crippen molar-refractivity contribution in [2.24, 2.45) is 0 Å². The number of aliphatic hydroxyl groups is 1. The van der Waals surface area contributed by atoms with E-state index in [0.717, 1.165) is 18.5 Å². The first-order chi connectivity index (χ1) is 5.66. The summed E-state index contributed by atoms with van der Waals surface area (Å²) in [6, 6.07) is 0. The molecule has 0 radical (unpaired) electrons. The van der Waals surface area contributed by atoms with E-state index in [1.807, 2.05) is 4.90 Å². The third-order valence-electron chi connectivity index (χ3n) is 2.98. The van der Waals surface area contributed by atoms with Crippen molar-refractivity contribution >= 4 is 0 Å². The lowest BCUT2D eigenvalue weighted by Crippen LogP contribution is -2.41. The van der Waals surface area contributed by atoms with Crippen LogP contribution in [0.25, 0.3) is 0 Å². The summed E-state index contributed by atoms with van der Waals surface area (Å²) in [5.41, 5.74) is 0.826. The third kappa shape index (κ3) is 1.00. The molecule has 0 unspecified atom stereocenters. The van der Waals surface area contributed by atoms with E-state index in [4.69, 9.17) is 0 Å². The maximum atomic E-state index is 13.0. The number of rotatable bonds is 1. The Morgan fingerprint density at radius 1 is 1.75 bits per heavy atom. The van der Waals surface area contributed by atoms with Gasteiger partial charge in [0.05, 0.1) is 12.1 Å². The minimum Gasteiger partial charge on any atom is -0.394 e. The summed E-state index contributed by atoms with van der Waals surface area (Å²) in [6.07, 6.45) is 0.483. The molecule has 0 bridgehead atoms. The molecular formula is C9H14FNO. The van der Waals surface area contributed by atoms with Crippen molar-refractivity contribution in [3.05, 3.63) is 12.2 Å². The molecule has 1 N–H and O–H groups in total. The second-order valence-electron chi connectivity index (χ2n) is 3.99. The van der Waals surface area contributed by atoms with Gasteiger partial charge in [-0.2, -0.15) is 0 Å². The lowest BCUT2D eigenvalue weighted by atomic mass is 9.93. The summed E-state index contributed by atoms with van der Waals surface area (Å²) < 4.78 is 13.0. The van der Waals surface area contributed by atoms with Crippen molar-refractivity contribution in [1.82, 2.24) is 4.90 Å². The molecule has 2 nitrogen and oxygen atoms in total. The fraction of sp³-hybridized carbons (Fsp3) is 0.778. The maximum absolute atomic E-state index is 13.0. The molecule has 2 saturated heterocycles. The van der Waals surface area contributed by atoms with E-state index in [2.05, 4.69) is 6.58 Å². The van der Waals surface area contributed by atoms with Crippen molar-refractivity contribution in [2.75, 3.05) is 19.7 Å². The molecule has 0 aromatic rings. The van der Waals surface area contributed by atoms with E-state index in [9.17, 15) is 9.50 Å². The first kappa shape index (κ1) is 8.20. The average molecular weight is 171 g/mol. The van der Waals surface area contributed by atoms with Gasteiger partial charge >= 0.3 is 0 Å². The number of alkyl halides is 1. The fourth-order valence-electron chi connectivity index (χ4n) is 2.47. The van der Waals surface area contributed by atoms with Gasteiger partial charge in [0.1, 0.15) is 6.17 Å². The van der Waals surface area contributed by atoms with Crippen LogP contribution in [-0.4, -0.2) is 41.4 Å². The number of hydrogen-bond acceptors (Lipinski definition) is 2. The molecule has 0 aromatic carbocycles. The van der Waals surface area contributed by atoms with Gasteiger partial charge in [0.2, 0.25) is 0 Å². The van der Waals surface area contributed by atoms with E-state index in [1.165, 1.54) is 0 Å². The highest BCUT2D eigenvalue weighted by Crippen LogP contribution is 2.41. The van der Waals surface area contributed by atoms with Gasteiger partial charge in [0, 0.05) is 19.5 Å². The van der Waals surface area contributed by atoms with Gasteiger partial charge in [-0.05, 0) is 6.42 Å². The molecule has 0 aromatic heterocycles. The Morgan fingerprint density at radius 3 is 3.08 bits per heavy atom. The molecule has 12 heavy (non-hydrogen) atoms. The van der Waals surface area contributed by atoms with Gasteiger partial charge < -0.3 is 5.11 Å². The van der Waals surface area contributed by atoms with Crippen molar-refractivity contribution in [3.63, 3.8) is 0 Å². The molecule has 2 fully saturated rings. The van der Waals surface area contributed by atoms with Crippen LogP contribution in [0.1, 0.15) is 12.8 Å². The molecule has 2 aliphatic heterocycles. The first-order valence-corrected chi connectivity index (χ1v) is 4.33. The van der Waals surface area contributed by atoms with Gasteiger partial charge in [-0.3, -0.25) is 4.90 Å². The molecule has 0 spiro atoms. The summed E-state index contributed by atoms with van der Waals surface area (Å²) in [5.74, 6) is 0. The number of halogens is 1. The summed E-state index contributed by atoms with van der Waals surface area (Å²) in [6.45, 7) is 5.18. The quantitative estimate of drug-likeness (QED) is 0.588. The minimum atomic E-state index is -0.759. The topological polar surface area (TPSA) is 23.5 Å². The van der Waals surface area contributed by atoms with E-state index in [-0.39, 0.29) is 12.1 Å². The maximum Gasteiger partial charge on any atom is 0.115 e. The Hall–Kier alpha value is -0.410. The molecule has 2 atom stereocenters. The lowest BCUT2D eigenvalue weighted by Gasteiger charge is -2.28. The highest BCUT2D eigenvalue weighted by molar-refractivity contribution is 5.18. The minimum absolute atomic E-state index is 0.0619. The zero-order valence-electron chi connectivity index (χ0n) is 7.09. The van der Waals surface area contributed by atoms with Gasteiger partial charge in [-0.15, -0.1) is 0 Å². The standard InChI is InChI=1S/C9H14FNO/c1-7-2-9(6-12)3-8(10)5-11(9)4-7/h8,12H,1-6H2/t8-,9+/m0/s1. The Bertz CT molecular complexity index is 219. The Kier molecular flexibility index (Phi) is 1.73. The monoisotopic (exact) mass is 171 g/mol. The lowest BCUT2D eigenvalue weighted by molar-refractivity contribution is 0.0997. The molecule has 2 rings (SSSR count). The molecule has 0 saturated carbocycles. The number of fused-ring (bicyclic) bond motifs is 1. The summed E-state index contributed by atoms with van der Waals surface area (Å²) in [4.78, 5) is 2.03. The number of nitrogens with zero attached hydrogens (tertiary/aromatic N) is 1. The van der Waals surface area contributed by atoms with Gasteiger partial charge in [0.25, 0.3) is 0 Å².